The molecule has 5 heteroatoms. The average Bonchev–Trinajstić information content (AvgIpc) is 2.80. The zero-order valence-corrected chi connectivity index (χ0v) is 14.7. The molecule has 2 rings (SSSR count). The molecule has 2 aromatic rings. The van der Waals surface area contributed by atoms with Crippen LogP contribution in [-0.2, 0) is 6.54 Å². The first-order valence-corrected chi connectivity index (χ1v) is 8.08. The molecule has 0 bridgehead atoms. The van der Waals surface area contributed by atoms with Crippen LogP contribution in [0, 0.1) is 6.92 Å². The maximum atomic E-state index is 5.83. The minimum atomic E-state index is 0.405. The van der Waals surface area contributed by atoms with E-state index in [1.165, 1.54) is 5.56 Å². The molecule has 0 saturated heterocycles. The van der Waals surface area contributed by atoms with E-state index in [2.05, 4.69) is 60.9 Å². The van der Waals surface area contributed by atoms with Crippen LogP contribution in [0.5, 0.6) is 0 Å². The third-order valence-corrected chi connectivity index (χ3v) is 3.89. The van der Waals surface area contributed by atoms with Gasteiger partial charge in [0.05, 0.1) is 18.1 Å². The Morgan fingerprint density at radius 3 is 2.43 bits per heavy atom. The van der Waals surface area contributed by atoms with Gasteiger partial charge in [0.1, 0.15) is 0 Å². The van der Waals surface area contributed by atoms with Crippen LogP contribution >= 0.6 is 0 Å². The minimum absolute atomic E-state index is 0.405. The van der Waals surface area contributed by atoms with Crippen LogP contribution < -0.4 is 5.73 Å². The van der Waals surface area contributed by atoms with Crippen LogP contribution in [0.15, 0.2) is 35.6 Å². The quantitative estimate of drug-likeness (QED) is 0.833. The van der Waals surface area contributed by atoms with Crippen molar-refractivity contribution in [1.29, 1.82) is 0 Å². The monoisotopic (exact) mass is 313 g/mol. The summed E-state index contributed by atoms with van der Waals surface area (Å²) in [6, 6.07) is 9.32. The smallest absolute Gasteiger partial charge is 0.221 e. The van der Waals surface area contributed by atoms with Gasteiger partial charge in [0.25, 0.3) is 0 Å². The lowest BCUT2D eigenvalue weighted by Crippen LogP contribution is -2.36. The van der Waals surface area contributed by atoms with E-state index in [4.69, 9.17) is 5.73 Å². The van der Waals surface area contributed by atoms with Crippen LogP contribution in [0.2, 0.25) is 0 Å². The molecule has 0 aliphatic carbocycles. The van der Waals surface area contributed by atoms with E-state index in [9.17, 15) is 0 Å². The molecule has 0 unspecified atom stereocenters. The normalized spacial score (nSPS) is 12.2. The van der Waals surface area contributed by atoms with Crippen LogP contribution in [0.1, 0.15) is 44.5 Å². The number of imidazole rings is 1. The van der Waals surface area contributed by atoms with Crippen molar-refractivity contribution in [3.63, 3.8) is 0 Å². The molecule has 0 aliphatic heterocycles. The maximum Gasteiger partial charge on any atom is 0.221 e. The van der Waals surface area contributed by atoms with E-state index in [0.29, 0.717) is 18.0 Å². The summed E-state index contributed by atoms with van der Waals surface area (Å²) in [5.74, 6) is 0.405. The van der Waals surface area contributed by atoms with Crippen molar-refractivity contribution in [3.8, 4) is 0 Å². The fourth-order valence-corrected chi connectivity index (χ4v) is 2.68. The Hall–Kier alpha value is -2.14. The second kappa shape index (κ2) is 7.42. The average molecular weight is 313 g/mol. The molecule has 2 N–H and O–H groups in total. The standard InChI is InChI=1S/C18H27N5/c1-13(2)22(14(3)4)12-17-9-7-6-8-16(17)10-20-23-11-15(5)21-18(23)19/h6-11,13-14H,12H2,1-5H3,(H2,19,21). The molecule has 0 spiro atoms. The zero-order chi connectivity index (χ0) is 17.0. The second-order valence-corrected chi connectivity index (χ2v) is 6.39. The maximum absolute atomic E-state index is 5.83. The molecule has 1 heterocycles. The van der Waals surface area contributed by atoms with Crippen molar-refractivity contribution in [1.82, 2.24) is 14.6 Å². The highest BCUT2D eigenvalue weighted by molar-refractivity contribution is 5.81. The van der Waals surface area contributed by atoms with E-state index in [-0.39, 0.29) is 0 Å². The van der Waals surface area contributed by atoms with Crippen LogP contribution in [0.3, 0.4) is 0 Å². The lowest BCUT2D eigenvalue weighted by atomic mass is 10.1. The Morgan fingerprint density at radius 1 is 1.22 bits per heavy atom. The Bertz CT molecular complexity index is 662. The van der Waals surface area contributed by atoms with Gasteiger partial charge in [-0.25, -0.2) is 9.66 Å². The van der Waals surface area contributed by atoms with Crippen LogP contribution in [-0.4, -0.2) is 32.9 Å². The van der Waals surface area contributed by atoms with E-state index >= 15 is 0 Å². The number of nitrogen functional groups attached to an aromatic ring is 1. The number of benzene rings is 1. The van der Waals surface area contributed by atoms with Gasteiger partial charge in [0.15, 0.2) is 0 Å². The van der Waals surface area contributed by atoms with Crippen molar-refractivity contribution in [2.75, 3.05) is 5.73 Å². The number of hydrogen-bond acceptors (Lipinski definition) is 4. The molecule has 0 fully saturated rings. The summed E-state index contributed by atoms with van der Waals surface area (Å²) >= 11 is 0. The number of rotatable bonds is 6. The van der Waals surface area contributed by atoms with Gasteiger partial charge in [0, 0.05) is 18.6 Å². The lowest BCUT2D eigenvalue weighted by Gasteiger charge is -2.31. The first-order chi connectivity index (χ1) is 10.9. The molecule has 0 radical (unpaired) electrons. The van der Waals surface area contributed by atoms with Gasteiger partial charge in [-0.2, -0.15) is 5.10 Å². The summed E-state index contributed by atoms with van der Waals surface area (Å²) in [5.41, 5.74) is 9.05. The fraction of sp³-hybridized carbons (Fsp3) is 0.444. The molecule has 23 heavy (non-hydrogen) atoms. The Kier molecular flexibility index (Phi) is 5.55. The first-order valence-electron chi connectivity index (χ1n) is 8.08. The predicted octanol–water partition coefficient (Wildman–Crippen LogP) is 3.27. The summed E-state index contributed by atoms with van der Waals surface area (Å²) in [6.45, 7) is 11.7. The van der Waals surface area contributed by atoms with Crippen molar-refractivity contribution in [2.45, 2.75) is 53.2 Å². The second-order valence-electron chi connectivity index (χ2n) is 6.39. The highest BCUT2D eigenvalue weighted by Gasteiger charge is 2.15. The van der Waals surface area contributed by atoms with Crippen LogP contribution in [0.25, 0.3) is 0 Å². The highest BCUT2D eigenvalue weighted by Crippen LogP contribution is 2.15. The summed E-state index contributed by atoms with van der Waals surface area (Å²) in [6.07, 6.45) is 3.68. The van der Waals surface area contributed by atoms with Crippen molar-refractivity contribution < 1.29 is 0 Å². The number of hydrogen-bond donors (Lipinski definition) is 1. The summed E-state index contributed by atoms with van der Waals surface area (Å²) in [4.78, 5) is 6.62. The topological polar surface area (TPSA) is 59.4 Å². The summed E-state index contributed by atoms with van der Waals surface area (Å²) in [5, 5.41) is 4.44. The molecular weight excluding hydrogens is 286 g/mol. The summed E-state index contributed by atoms with van der Waals surface area (Å²) in [7, 11) is 0. The largest absolute Gasteiger partial charge is 0.368 e. The zero-order valence-electron chi connectivity index (χ0n) is 14.7. The number of anilines is 1. The number of aryl methyl sites for hydroxylation is 1. The Morgan fingerprint density at radius 2 is 1.87 bits per heavy atom. The number of nitrogens with two attached hydrogens (primary N) is 1. The molecule has 124 valence electrons. The Labute approximate surface area is 138 Å². The van der Waals surface area contributed by atoms with Gasteiger partial charge in [-0.15, -0.1) is 0 Å². The van der Waals surface area contributed by atoms with Gasteiger partial charge >= 0.3 is 0 Å². The number of aromatic nitrogens is 2. The van der Waals surface area contributed by atoms with Gasteiger partial charge in [-0.3, -0.25) is 4.90 Å². The van der Waals surface area contributed by atoms with Gasteiger partial charge in [-0.1, -0.05) is 24.3 Å². The SMILES string of the molecule is Cc1cn(N=Cc2ccccc2CN(C(C)C)C(C)C)c(N)n1. The van der Waals surface area contributed by atoms with Crippen LogP contribution in [0.4, 0.5) is 5.95 Å². The molecular formula is C18H27N5. The van der Waals surface area contributed by atoms with Crippen molar-refractivity contribution >= 4 is 12.2 Å². The molecule has 0 atom stereocenters. The van der Waals surface area contributed by atoms with E-state index < -0.39 is 0 Å². The summed E-state index contributed by atoms with van der Waals surface area (Å²) < 4.78 is 1.61. The third kappa shape index (κ3) is 4.42. The lowest BCUT2D eigenvalue weighted by molar-refractivity contribution is 0.166. The minimum Gasteiger partial charge on any atom is -0.368 e. The Balaban J connectivity index is 2.25. The third-order valence-electron chi connectivity index (χ3n) is 3.89. The van der Waals surface area contributed by atoms with Gasteiger partial charge < -0.3 is 5.73 Å². The van der Waals surface area contributed by atoms with Gasteiger partial charge in [0.2, 0.25) is 5.95 Å². The van der Waals surface area contributed by atoms with E-state index in [1.54, 1.807) is 4.68 Å². The predicted molar refractivity (Wildman–Crippen MR) is 96.6 cm³/mol. The highest BCUT2D eigenvalue weighted by atomic mass is 15.4. The van der Waals surface area contributed by atoms with Gasteiger partial charge in [-0.05, 0) is 45.7 Å². The molecule has 0 saturated carbocycles. The molecule has 1 aromatic heterocycles. The number of nitrogens with zero attached hydrogens (tertiary/aromatic N) is 4. The fourth-order valence-electron chi connectivity index (χ4n) is 2.68. The van der Waals surface area contributed by atoms with Crippen molar-refractivity contribution in [2.24, 2.45) is 5.10 Å². The molecule has 0 amide bonds. The molecule has 0 aliphatic rings. The van der Waals surface area contributed by atoms with E-state index in [0.717, 1.165) is 17.8 Å². The van der Waals surface area contributed by atoms with Crippen molar-refractivity contribution in [3.05, 3.63) is 47.3 Å². The first kappa shape index (κ1) is 17.2. The molecule has 1 aromatic carbocycles. The van der Waals surface area contributed by atoms with E-state index in [1.807, 2.05) is 25.4 Å². The molecule has 5 nitrogen and oxygen atoms in total.